The first-order valence-corrected chi connectivity index (χ1v) is 37.8. The molecule has 2 nitrogen and oxygen atoms in total. The maximum Gasteiger partial charge on any atom is 0.0714 e. The van der Waals surface area contributed by atoms with Crippen LogP contribution in [0, 0.1) is 27.7 Å². The average Bonchev–Trinajstić information content (AvgIpc) is 1.50. The Morgan fingerprint density at radius 2 is 0.562 bits per heavy atom. The van der Waals surface area contributed by atoms with Gasteiger partial charge in [-0.15, -0.1) is 0 Å². The van der Waals surface area contributed by atoms with Crippen LogP contribution in [0.2, 0.25) is 0 Å². The second kappa shape index (κ2) is 26.0. The number of hydrogen-bond donors (Lipinski definition) is 0. The Bertz CT molecular complexity index is 5410. The fraction of sp³-hybridized carbons (Fsp3) is 0.204. The predicted octanol–water partition coefficient (Wildman–Crippen LogP) is 28.1. The molecule has 0 aromatic heterocycles. The lowest BCUT2D eigenvalue weighted by Gasteiger charge is -2.36. The van der Waals surface area contributed by atoms with Crippen molar-refractivity contribution in [1.29, 1.82) is 0 Å². The van der Waals surface area contributed by atoms with Crippen molar-refractivity contribution < 1.29 is 0 Å². The Labute approximate surface area is 624 Å². The lowest BCUT2D eigenvalue weighted by atomic mass is 9.65. The summed E-state index contributed by atoms with van der Waals surface area (Å²) in [4.78, 5) is 4.76. The van der Waals surface area contributed by atoms with Crippen LogP contribution in [-0.2, 0) is 27.1 Å². The van der Waals surface area contributed by atoms with E-state index in [2.05, 4.69) is 417 Å². The van der Waals surface area contributed by atoms with Gasteiger partial charge >= 0.3 is 0 Å². The Hall–Kier alpha value is -11.1. The largest absolute Gasteiger partial charge is 0.311 e. The van der Waals surface area contributed by atoms with Gasteiger partial charge in [0.15, 0.2) is 0 Å². The van der Waals surface area contributed by atoms with E-state index in [1.54, 1.807) is 0 Å². The summed E-state index contributed by atoms with van der Waals surface area (Å²) in [6.45, 7) is 34.3. The molecule has 0 bridgehead atoms. The first-order valence-electron chi connectivity index (χ1n) is 37.8. The van der Waals surface area contributed by atoms with Gasteiger partial charge in [0.2, 0.25) is 0 Å². The molecule has 16 rings (SSSR count). The molecule has 14 aromatic carbocycles. The summed E-state index contributed by atoms with van der Waals surface area (Å²) in [5.41, 5.74) is 35.1. The van der Waals surface area contributed by atoms with Crippen LogP contribution in [0.4, 0.5) is 34.1 Å². The minimum Gasteiger partial charge on any atom is -0.311 e. The van der Waals surface area contributed by atoms with Crippen LogP contribution >= 0.6 is 0 Å². The van der Waals surface area contributed by atoms with Crippen molar-refractivity contribution in [3.63, 3.8) is 0 Å². The first-order chi connectivity index (χ1) is 50.4. The molecule has 0 radical (unpaired) electrons. The minimum absolute atomic E-state index is 0.0587. The number of rotatable bonds is 13. The molecule has 1 unspecified atom stereocenters. The summed E-state index contributed by atoms with van der Waals surface area (Å²) in [6.07, 6.45) is 0. The maximum atomic E-state index is 2.69. The van der Waals surface area contributed by atoms with Gasteiger partial charge in [0.1, 0.15) is 0 Å². The summed E-state index contributed by atoms with van der Waals surface area (Å²) >= 11 is 0. The van der Waals surface area contributed by atoms with Crippen molar-refractivity contribution in [2.75, 3.05) is 9.80 Å². The zero-order chi connectivity index (χ0) is 73.1. The predicted molar refractivity (Wildman–Crippen MR) is 448 cm³/mol. The van der Waals surface area contributed by atoms with Gasteiger partial charge in [-0.1, -0.05) is 305 Å². The van der Waals surface area contributed by atoms with E-state index in [0.717, 1.165) is 39.7 Å². The van der Waals surface area contributed by atoms with Gasteiger partial charge in [-0.3, -0.25) is 0 Å². The van der Waals surface area contributed by atoms with Crippen molar-refractivity contribution in [1.82, 2.24) is 0 Å². The molecule has 105 heavy (non-hydrogen) atoms. The van der Waals surface area contributed by atoms with E-state index in [0.29, 0.717) is 5.92 Å². The smallest absolute Gasteiger partial charge is 0.0714 e. The Kier molecular flexibility index (Phi) is 16.9. The standard InChI is InChI=1S/C103H96N2/c1-66(2)71-28-35-78(36-29-71)103(81-47-41-77(42-48-81)101(13,14)15)96-64-92-89-61-34-74(72-30-57-86(58-31-72)104(82-49-20-67(3)21-50-82)83-51-22-68(4)23-52-83)62-94(89)102(79-43-37-75(38-44-79)99(7,8)9,80-45-39-76(40-46-80)100(10,11)12)95(92)65-93(96)98-90-19-17-16-18-88(90)91(63-97(98)103)73-32-59-87(60-33-73)105(84-53-24-69(5)25-54-84)85-55-26-70(6)27-56-85/h16-66H,1-15H3. The van der Waals surface area contributed by atoms with Crippen LogP contribution in [0.15, 0.2) is 303 Å². The molecule has 2 heteroatoms. The number of aryl methyl sites for hydroxylation is 4. The van der Waals surface area contributed by atoms with Crippen molar-refractivity contribution in [2.45, 2.75) is 137 Å². The summed E-state index contributed by atoms with van der Waals surface area (Å²) in [5.74, 6) is 0.355. The van der Waals surface area contributed by atoms with Crippen LogP contribution in [0.25, 0.3) is 55.3 Å². The molecule has 2 aliphatic rings. The molecule has 0 saturated carbocycles. The number of hydrogen-bond acceptors (Lipinski definition) is 2. The maximum absolute atomic E-state index is 2.69. The summed E-state index contributed by atoms with van der Waals surface area (Å²) in [6, 6.07) is 118. The van der Waals surface area contributed by atoms with Gasteiger partial charge < -0.3 is 9.80 Å². The summed E-state index contributed by atoms with van der Waals surface area (Å²) < 4.78 is 0. The van der Waals surface area contributed by atoms with E-state index < -0.39 is 10.8 Å². The van der Waals surface area contributed by atoms with E-state index in [9.17, 15) is 0 Å². The molecule has 518 valence electrons. The molecule has 0 heterocycles. The fourth-order valence-corrected chi connectivity index (χ4v) is 17.0. The van der Waals surface area contributed by atoms with Crippen LogP contribution in [-0.4, -0.2) is 0 Å². The molecule has 0 aliphatic heterocycles. The third-order valence-electron chi connectivity index (χ3n) is 23.0. The first kappa shape index (κ1) is 68.4. The lowest BCUT2D eigenvalue weighted by molar-refractivity contribution is 0.588. The van der Waals surface area contributed by atoms with Gasteiger partial charge in [0, 0.05) is 34.1 Å². The van der Waals surface area contributed by atoms with Gasteiger partial charge in [0.05, 0.1) is 10.8 Å². The van der Waals surface area contributed by atoms with E-state index in [4.69, 9.17) is 0 Å². The fourth-order valence-electron chi connectivity index (χ4n) is 17.0. The number of fused-ring (bicyclic) bond motifs is 8. The number of nitrogens with zero attached hydrogens (tertiary/aromatic N) is 2. The molecule has 14 aromatic rings. The van der Waals surface area contributed by atoms with Crippen molar-refractivity contribution >= 4 is 44.9 Å². The number of anilines is 6. The Morgan fingerprint density at radius 1 is 0.257 bits per heavy atom. The van der Waals surface area contributed by atoms with Crippen molar-refractivity contribution in [3.8, 4) is 44.5 Å². The SMILES string of the molecule is Cc1ccc(N(c2ccc(C)cc2)c2ccc(-c3ccc4c(c3)C(c3ccc(C(C)(C)C)cc3)(c3ccc(C(C)(C)C)cc3)c3cc5c(cc3-4)C(c3ccc(C(C)C)cc3)(c3ccc(C(C)(C)C)cc3)c3cc(-c4ccc(N(c6ccc(C)cc6)c6ccc(C)cc6)cc4)c4ccccc4c3-5)cc2)cc1. The van der Waals surface area contributed by atoms with Gasteiger partial charge in [-0.25, -0.2) is 0 Å². The molecular formula is C103H96N2. The molecule has 0 amide bonds. The molecule has 0 fully saturated rings. The third kappa shape index (κ3) is 11.8. The second-order valence-corrected chi connectivity index (χ2v) is 33.5. The zero-order valence-electron chi connectivity index (χ0n) is 63.8. The topological polar surface area (TPSA) is 6.48 Å². The van der Waals surface area contributed by atoms with Crippen molar-refractivity contribution in [3.05, 3.63) is 392 Å². The molecule has 1 atom stereocenters. The van der Waals surface area contributed by atoms with Crippen LogP contribution < -0.4 is 9.80 Å². The van der Waals surface area contributed by atoms with E-state index >= 15 is 0 Å². The highest BCUT2D eigenvalue weighted by atomic mass is 15.1. The van der Waals surface area contributed by atoms with Crippen LogP contribution in [0.5, 0.6) is 0 Å². The molecule has 0 spiro atoms. The Balaban J connectivity index is 0.976. The third-order valence-corrected chi connectivity index (χ3v) is 23.0. The quantitative estimate of drug-likeness (QED) is 0.114. The monoisotopic (exact) mass is 1360 g/mol. The highest BCUT2D eigenvalue weighted by Gasteiger charge is 2.53. The van der Waals surface area contributed by atoms with E-state index in [1.807, 2.05) is 0 Å². The van der Waals surface area contributed by atoms with Gasteiger partial charge in [-0.05, 0) is 269 Å². The summed E-state index contributed by atoms with van der Waals surface area (Å²) in [7, 11) is 0. The van der Waals surface area contributed by atoms with E-state index in [-0.39, 0.29) is 16.2 Å². The molecular weight excluding hydrogens is 1270 g/mol. The normalized spacial score (nSPS) is 14.4. The number of benzene rings is 14. The average molecular weight is 1360 g/mol. The zero-order valence-corrected chi connectivity index (χ0v) is 63.8. The molecule has 0 saturated heterocycles. The van der Waals surface area contributed by atoms with Crippen LogP contribution in [0.1, 0.15) is 171 Å². The highest BCUT2D eigenvalue weighted by Crippen LogP contribution is 2.65. The lowest BCUT2D eigenvalue weighted by Crippen LogP contribution is -2.30. The Morgan fingerprint density at radius 3 is 0.943 bits per heavy atom. The molecule has 0 N–H and O–H groups in total. The van der Waals surface area contributed by atoms with Gasteiger partial charge in [0.25, 0.3) is 0 Å². The summed E-state index contributed by atoms with van der Waals surface area (Å²) in [5, 5.41) is 2.46. The van der Waals surface area contributed by atoms with Crippen LogP contribution in [0.3, 0.4) is 0 Å². The van der Waals surface area contributed by atoms with Gasteiger partial charge in [-0.2, -0.15) is 0 Å². The minimum atomic E-state index is -0.779. The second-order valence-electron chi connectivity index (χ2n) is 33.5. The van der Waals surface area contributed by atoms with Crippen molar-refractivity contribution in [2.24, 2.45) is 0 Å². The molecule has 2 aliphatic carbocycles. The van der Waals surface area contributed by atoms with E-state index in [1.165, 1.54) is 139 Å². The highest BCUT2D eigenvalue weighted by molar-refractivity contribution is 6.11.